The molecule has 0 bridgehead atoms. The maximum Gasteiger partial charge on any atom is 0.385 e. The molecule has 1 N–H and O–H groups in total. The van der Waals surface area contributed by atoms with Crippen molar-refractivity contribution in [2.45, 2.75) is 0 Å². The van der Waals surface area contributed by atoms with Crippen LogP contribution in [0.15, 0.2) is 48.8 Å². The first-order valence-electron chi connectivity index (χ1n) is 5.99. The van der Waals surface area contributed by atoms with E-state index in [0.717, 1.165) is 16.6 Å². The van der Waals surface area contributed by atoms with Gasteiger partial charge in [0.05, 0.1) is 10.9 Å². The van der Waals surface area contributed by atoms with Crippen LogP contribution in [0, 0.1) is 5.39 Å². The first-order valence-corrected chi connectivity index (χ1v) is 5.99. The van der Waals surface area contributed by atoms with Gasteiger partial charge in [0.2, 0.25) is 5.39 Å². The van der Waals surface area contributed by atoms with Crippen molar-refractivity contribution in [3.8, 4) is 0 Å². The van der Waals surface area contributed by atoms with Crippen molar-refractivity contribution in [2.75, 3.05) is 5.32 Å². The van der Waals surface area contributed by atoms with Crippen LogP contribution < -0.4 is 10.8 Å². The molecule has 6 heteroatoms. The van der Waals surface area contributed by atoms with Gasteiger partial charge in [-0.1, -0.05) is 17.6 Å². The van der Waals surface area contributed by atoms with Crippen LogP contribution in [-0.4, -0.2) is 17.8 Å². The summed E-state index contributed by atoms with van der Waals surface area (Å²) in [6.07, 6.45) is 1.48. The average Bonchev–Trinajstić information content (AvgIpc) is 2.47. The molecule has 0 aliphatic rings. The molecule has 1 aromatic heterocycles. The Balaban J connectivity index is 2.09. The van der Waals surface area contributed by atoms with Gasteiger partial charge in [0.1, 0.15) is 20.0 Å². The number of benzene rings is 2. The van der Waals surface area contributed by atoms with Gasteiger partial charge in [-0.2, -0.15) is 0 Å². The molecule has 0 aliphatic carbocycles. The number of aromatic nitrogens is 2. The summed E-state index contributed by atoms with van der Waals surface area (Å²) in [6, 6.07) is 12.5. The van der Waals surface area contributed by atoms with Crippen molar-refractivity contribution in [1.82, 2.24) is 9.97 Å². The zero-order chi connectivity index (χ0) is 13.9. The molecule has 0 atom stereocenters. The molecule has 5 nitrogen and oxygen atoms in total. The van der Waals surface area contributed by atoms with Crippen LogP contribution in [0.4, 0.5) is 17.2 Å². The molecule has 0 saturated heterocycles. The molecule has 1 heterocycles. The van der Waals surface area contributed by atoms with Gasteiger partial charge in [0.15, 0.2) is 4.98 Å². The fourth-order valence-corrected chi connectivity index (χ4v) is 1.96. The first-order chi connectivity index (χ1) is 9.76. The standard InChI is InChI=1S/C14H9BN5/c15-9-2-1-3-10(6-9)19-14-12-7-11(20-16)4-5-13(12)17-8-18-14/h1-8H,(H,17,18,19)/q+1. The minimum Gasteiger partial charge on any atom is -0.340 e. The number of nitrogens with zero attached hydrogens (tertiary/aromatic N) is 4. The Labute approximate surface area is 116 Å². The SMILES string of the molecule is [B]c1cccc(Nc2ncnc3ccc([N+]#N)cc23)c1. The summed E-state index contributed by atoms with van der Waals surface area (Å²) in [4.78, 5) is 11.6. The molecule has 0 fully saturated rings. The number of diazo groups is 1. The van der Waals surface area contributed by atoms with E-state index in [2.05, 4.69) is 20.3 Å². The molecule has 0 unspecified atom stereocenters. The van der Waals surface area contributed by atoms with Gasteiger partial charge in [-0.05, 0) is 18.2 Å². The number of hydrogen-bond donors (Lipinski definition) is 1. The number of fused-ring (bicyclic) bond motifs is 1. The van der Waals surface area contributed by atoms with Crippen molar-refractivity contribution >= 4 is 41.4 Å². The second-order valence-electron chi connectivity index (χ2n) is 4.27. The Morgan fingerprint density at radius 2 is 2.00 bits per heavy atom. The lowest BCUT2D eigenvalue weighted by molar-refractivity contribution is 1.22. The third-order valence-electron chi connectivity index (χ3n) is 2.88. The lowest BCUT2D eigenvalue weighted by Crippen LogP contribution is -2.03. The van der Waals surface area contributed by atoms with Crippen LogP contribution in [0.1, 0.15) is 0 Å². The fraction of sp³-hybridized carbons (Fsp3) is 0. The van der Waals surface area contributed by atoms with E-state index >= 15 is 0 Å². The summed E-state index contributed by atoms with van der Waals surface area (Å²) in [5.41, 5.74) is 2.71. The Morgan fingerprint density at radius 1 is 1.10 bits per heavy atom. The highest BCUT2D eigenvalue weighted by molar-refractivity contribution is 6.32. The van der Waals surface area contributed by atoms with Crippen molar-refractivity contribution < 1.29 is 0 Å². The molecule has 3 rings (SSSR count). The highest BCUT2D eigenvalue weighted by Gasteiger charge is 2.10. The summed E-state index contributed by atoms with van der Waals surface area (Å²) in [6.45, 7) is 0. The van der Waals surface area contributed by atoms with Gasteiger partial charge >= 0.3 is 5.69 Å². The minimum atomic E-state index is 0.447. The molecular weight excluding hydrogens is 249 g/mol. The molecule has 0 aliphatic heterocycles. The van der Waals surface area contributed by atoms with Gasteiger partial charge in [-0.25, -0.2) is 9.97 Å². The topological polar surface area (TPSA) is 66.0 Å². The number of hydrogen-bond acceptors (Lipinski definition) is 4. The van der Waals surface area contributed by atoms with E-state index in [4.69, 9.17) is 13.2 Å². The Morgan fingerprint density at radius 3 is 2.80 bits per heavy atom. The van der Waals surface area contributed by atoms with Crippen LogP contribution in [0.5, 0.6) is 0 Å². The van der Waals surface area contributed by atoms with Crippen LogP contribution in [0.25, 0.3) is 15.9 Å². The van der Waals surface area contributed by atoms with Crippen molar-refractivity contribution in [3.63, 3.8) is 0 Å². The molecule has 92 valence electrons. The van der Waals surface area contributed by atoms with Gasteiger partial charge in [0, 0.05) is 17.8 Å². The van der Waals surface area contributed by atoms with Crippen LogP contribution in [0.2, 0.25) is 0 Å². The van der Waals surface area contributed by atoms with E-state index in [0.29, 0.717) is 17.0 Å². The lowest BCUT2D eigenvalue weighted by atomic mass is 9.96. The third-order valence-corrected chi connectivity index (χ3v) is 2.88. The molecule has 0 spiro atoms. The van der Waals surface area contributed by atoms with Crippen molar-refractivity contribution in [3.05, 3.63) is 53.8 Å². The van der Waals surface area contributed by atoms with E-state index in [1.165, 1.54) is 6.33 Å². The lowest BCUT2D eigenvalue weighted by Gasteiger charge is -2.08. The van der Waals surface area contributed by atoms with Crippen LogP contribution in [-0.2, 0) is 0 Å². The fourth-order valence-electron chi connectivity index (χ4n) is 1.96. The van der Waals surface area contributed by atoms with Gasteiger partial charge in [-0.3, -0.25) is 0 Å². The Hall–Kier alpha value is -2.94. The van der Waals surface area contributed by atoms with Crippen molar-refractivity contribution in [1.29, 1.82) is 5.39 Å². The van der Waals surface area contributed by atoms with E-state index in [1.54, 1.807) is 18.2 Å². The summed E-state index contributed by atoms with van der Waals surface area (Å²) >= 11 is 0. The Kier molecular flexibility index (Phi) is 3.02. The number of anilines is 2. The number of nitrogens with one attached hydrogen (secondary N) is 1. The van der Waals surface area contributed by atoms with E-state index in [9.17, 15) is 0 Å². The summed E-state index contributed by atoms with van der Waals surface area (Å²) in [7, 11) is 5.75. The molecule has 2 aromatic carbocycles. The Bertz CT molecular complexity index is 825. The van der Waals surface area contributed by atoms with E-state index < -0.39 is 0 Å². The molecule has 20 heavy (non-hydrogen) atoms. The van der Waals surface area contributed by atoms with Crippen LogP contribution in [0.3, 0.4) is 0 Å². The van der Waals surface area contributed by atoms with E-state index in [1.807, 2.05) is 24.3 Å². The summed E-state index contributed by atoms with van der Waals surface area (Å²) < 4.78 is 0. The monoisotopic (exact) mass is 258 g/mol. The smallest absolute Gasteiger partial charge is 0.340 e. The number of rotatable bonds is 2. The maximum absolute atomic E-state index is 8.86. The quantitative estimate of drug-likeness (QED) is 0.566. The molecule has 0 amide bonds. The molecule has 3 aromatic rings. The van der Waals surface area contributed by atoms with Gasteiger partial charge in [-0.15, -0.1) is 0 Å². The largest absolute Gasteiger partial charge is 0.385 e. The van der Waals surface area contributed by atoms with Crippen molar-refractivity contribution in [2.24, 2.45) is 0 Å². The predicted octanol–water partition coefficient (Wildman–Crippen LogP) is 2.65. The minimum absolute atomic E-state index is 0.447. The van der Waals surface area contributed by atoms with E-state index in [-0.39, 0.29) is 0 Å². The molecule has 0 saturated carbocycles. The normalized spacial score (nSPS) is 10.2. The third kappa shape index (κ3) is 2.29. The summed E-state index contributed by atoms with van der Waals surface area (Å²) in [5, 5.41) is 12.8. The zero-order valence-corrected chi connectivity index (χ0v) is 10.5. The zero-order valence-electron chi connectivity index (χ0n) is 10.5. The highest BCUT2D eigenvalue weighted by atomic mass is 15.0. The second kappa shape index (κ2) is 4.98. The van der Waals surface area contributed by atoms with Gasteiger partial charge in [0.25, 0.3) is 0 Å². The first kappa shape index (κ1) is 12.1. The van der Waals surface area contributed by atoms with Crippen LogP contribution >= 0.6 is 0 Å². The van der Waals surface area contributed by atoms with Gasteiger partial charge < -0.3 is 5.32 Å². The second-order valence-corrected chi connectivity index (χ2v) is 4.27. The average molecular weight is 258 g/mol. The summed E-state index contributed by atoms with van der Waals surface area (Å²) in [5.74, 6) is 0.631. The molecular formula is C14H9BN5+. The predicted molar refractivity (Wildman–Crippen MR) is 79.4 cm³/mol. The highest BCUT2D eigenvalue weighted by Crippen LogP contribution is 2.26. The molecule has 2 radical (unpaired) electrons. The maximum atomic E-state index is 8.86.